The van der Waals surface area contributed by atoms with E-state index >= 15 is 0 Å². The standard InChI is InChI=1S/C13H17Br3O2/c1-13(2,3)18-5-4-17-12-10(15)6-9(8-14)7-11(12)16/h6-7H,4-5,8H2,1-3H3. The summed E-state index contributed by atoms with van der Waals surface area (Å²) in [6.07, 6.45) is 0. The molecule has 0 aliphatic rings. The van der Waals surface area contributed by atoms with Gasteiger partial charge in [0.2, 0.25) is 0 Å². The van der Waals surface area contributed by atoms with Gasteiger partial charge in [-0.2, -0.15) is 0 Å². The summed E-state index contributed by atoms with van der Waals surface area (Å²) in [7, 11) is 0. The average molecular weight is 445 g/mol. The van der Waals surface area contributed by atoms with Gasteiger partial charge in [-0.25, -0.2) is 0 Å². The van der Waals surface area contributed by atoms with Crippen LogP contribution in [0.25, 0.3) is 0 Å². The quantitative estimate of drug-likeness (QED) is 0.453. The Hall–Kier alpha value is 0.420. The van der Waals surface area contributed by atoms with Crippen LogP contribution >= 0.6 is 47.8 Å². The Bertz CT molecular complexity index is 377. The molecule has 0 saturated carbocycles. The normalized spacial score (nSPS) is 11.7. The summed E-state index contributed by atoms with van der Waals surface area (Å²) < 4.78 is 13.2. The summed E-state index contributed by atoms with van der Waals surface area (Å²) in [5.41, 5.74) is 1.06. The molecule has 0 aliphatic carbocycles. The van der Waals surface area contributed by atoms with Gasteiger partial charge >= 0.3 is 0 Å². The van der Waals surface area contributed by atoms with E-state index in [1.165, 1.54) is 5.56 Å². The number of hydrogen-bond acceptors (Lipinski definition) is 2. The minimum atomic E-state index is -0.127. The number of rotatable bonds is 5. The minimum Gasteiger partial charge on any atom is -0.489 e. The lowest BCUT2D eigenvalue weighted by Gasteiger charge is -2.20. The zero-order valence-electron chi connectivity index (χ0n) is 10.7. The smallest absolute Gasteiger partial charge is 0.147 e. The third kappa shape index (κ3) is 5.59. The molecule has 102 valence electrons. The molecule has 0 amide bonds. The van der Waals surface area contributed by atoms with Crippen LogP contribution in [0.4, 0.5) is 0 Å². The van der Waals surface area contributed by atoms with Gasteiger partial charge in [-0.15, -0.1) is 0 Å². The van der Waals surface area contributed by atoms with Gasteiger partial charge in [0.05, 0.1) is 21.2 Å². The van der Waals surface area contributed by atoms with E-state index in [2.05, 4.69) is 47.8 Å². The van der Waals surface area contributed by atoms with E-state index < -0.39 is 0 Å². The van der Waals surface area contributed by atoms with Crippen molar-refractivity contribution < 1.29 is 9.47 Å². The van der Waals surface area contributed by atoms with Crippen molar-refractivity contribution in [3.05, 3.63) is 26.6 Å². The molecule has 0 saturated heterocycles. The predicted molar refractivity (Wildman–Crippen MR) is 85.7 cm³/mol. The predicted octanol–water partition coefficient (Wildman–Crippen LogP) is 5.30. The third-order valence-corrected chi connectivity index (χ3v) is 3.90. The molecule has 1 aromatic carbocycles. The molecular weight excluding hydrogens is 428 g/mol. The van der Waals surface area contributed by atoms with E-state index in [4.69, 9.17) is 9.47 Å². The molecule has 0 aromatic heterocycles. The molecule has 0 radical (unpaired) electrons. The lowest BCUT2D eigenvalue weighted by molar-refractivity contribution is -0.0164. The molecule has 0 heterocycles. The van der Waals surface area contributed by atoms with Crippen molar-refractivity contribution in [3.8, 4) is 5.75 Å². The van der Waals surface area contributed by atoms with Gasteiger partial charge in [0, 0.05) is 5.33 Å². The summed E-state index contributed by atoms with van der Waals surface area (Å²) >= 11 is 10.5. The topological polar surface area (TPSA) is 18.5 Å². The highest BCUT2D eigenvalue weighted by Crippen LogP contribution is 2.35. The Morgan fingerprint density at radius 1 is 1.06 bits per heavy atom. The van der Waals surface area contributed by atoms with Gasteiger partial charge in [-0.1, -0.05) is 15.9 Å². The summed E-state index contributed by atoms with van der Waals surface area (Å²) in [4.78, 5) is 0. The van der Waals surface area contributed by atoms with Crippen LogP contribution in [-0.4, -0.2) is 18.8 Å². The fraction of sp³-hybridized carbons (Fsp3) is 0.538. The van der Waals surface area contributed by atoms with Gasteiger partial charge in [0.25, 0.3) is 0 Å². The molecule has 0 N–H and O–H groups in total. The largest absolute Gasteiger partial charge is 0.489 e. The van der Waals surface area contributed by atoms with E-state index in [1.807, 2.05) is 32.9 Å². The number of halogens is 3. The highest BCUT2D eigenvalue weighted by molar-refractivity contribution is 9.11. The monoisotopic (exact) mass is 442 g/mol. The molecule has 0 bridgehead atoms. The molecule has 2 nitrogen and oxygen atoms in total. The van der Waals surface area contributed by atoms with Crippen molar-refractivity contribution in [2.24, 2.45) is 0 Å². The number of ether oxygens (including phenoxy) is 2. The molecule has 0 atom stereocenters. The van der Waals surface area contributed by atoms with E-state index in [-0.39, 0.29) is 5.60 Å². The van der Waals surface area contributed by atoms with Gasteiger partial charge in [-0.05, 0) is 70.3 Å². The average Bonchev–Trinajstić information content (AvgIpc) is 2.25. The van der Waals surface area contributed by atoms with Crippen LogP contribution in [0.1, 0.15) is 26.3 Å². The molecule has 5 heteroatoms. The van der Waals surface area contributed by atoms with Crippen molar-refractivity contribution in [1.82, 2.24) is 0 Å². The van der Waals surface area contributed by atoms with Crippen molar-refractivity contribution in [2.75, 3.05) is 13.2 Å². The maximum Gasteiger partial charge on any atom is 0.147 e. The Morgan fingerprint density at radius 2 is 1.61 bits per heavy atom. The summed E-state index contributed by atoms with van der Waals surface area (Å²) in [6, 6.07) is 4.08. The van der Waals surface area contributed by atoms with Gasteiger partial charge in [0.1, 0.15) is 12.4 Å². The first kappa shape index (κ1) is 16.5. The molecule has 0 spiro atoms. The summed E-state index contributed by atoms with van der Waals surface area (Å²) in [6.45, 7) is 7.20. The highest BCUT2D eigenvalue weighted by Gasteiger charge is 2.11. The zero-order valence-corrected chi connectivity index (χ0v) is 15.5. The second kappa shape index (κ2) is 7.27. The van der Waals surface area contributed by atoms with Crippen molar-refractivity contribution >= 4 is 47.8 Å². The Balaban J connectivity index is 2.57. The third-order valence-electron chi connectivity index (χ3n) is 2.08. The minimum absolute atomic E-state index is 0.127. The summed E-state index contributed by atoms with van der Waals surface area (Å²) in [5.74, 6) is 0.817. The SMILES string of the molecule is CC(C)(C)OCCOc1c(Br)cc(CBr)cc1Br. The molecule has 0 fully saturated rings. The first-order valence-corrected chi connectivity index (χ1v) is 8.35. The molecular formula is C13H17Br3O2. The fourth-order valence-electron chi connectivity index (χ4n) is 1.32. The molecule has 0 unspecified atom stereocenters. The van der Waals surface area contributed by atoms with E-state index in [0.29, 0.717) is 13.2 Å². The van der Waals surface area contributed by atoms with E-state index in [1.54, 1.807) is 0 Å². The highest BCUT2D eigenvalue weighted by atomic mass is 79.9. The summed E-state index contributed by atoms with van der Waals surface area (Å²) in [5, 5.41) is 0.817. The molecule has 18 heavy (non-hydrogen) atoms. The zero-order chi connectivity index (χ0) is 13.8. The first-order valence-electron chi connectivity index (χ1n) is 5.64. The molecule has 1 rings (SSSR count). The fourth-order valence-corrected chi connectivity index (χ4v) is 3.15. The van der Waals surface area contributed by atoms with Crippen LogP contribution in [0.15, 0.2) is 21.1 Å². The van der Waals surface area contributed by atoms with Crippen molar-refractivity contribution in [2.45, 2.75) is 31.7 Å². The maximum absolute atomic E-state index is 5.73. The van der Waals surface area contributed by atoms with Crippen LogP contribution in [-0.2, 0) is 10.1 Å². The maximum atomic E-state index is 5.73. The Morgan fingerprint density at radius 3 is 2.06 bits per heavy atom. The van der Waals surface area contributed by atoms with E-state index in [0.717, 1.165) is 20.0 Å². The Kier molecular flexibility index (Phi) is 6.65. The van der Waals surface area contributed by atoms with Crippen LogP contribution in [0.2, 0.25) is 0 Å². The lowest BCUT2D eigenvalue weighted by Crippen LogP contribution is -2.22. The second-order valence-corrected chi connectivity index (χ2v) is 7.10. The van der Waals surface area contributed by atoms with E-state index in [9.17, 15) is 0 Å². The first-order chi connectivity index (χ1) is 8.33. The molecule has 0 aliphatic heterocycles. The van der Waals surface area contributed by atoms with Crippen molar-refractivity contribution in [1.29, 1.82) is 0 Å². The number of hydrogen-bond donors (Lipinski definition) is 0. The number of benzene rings is 1. The van der Waals surface area contributed by atoms with Crippen molar-refractivity contribution in [3.63, 3.8) is 0 Å². The van der Waals surface area contributed by atoms with Gasteiger partial charge < -0.3 is 9.47 Å². The number of alkyl halides is 1. The Labute approximate surface area is 134 Å². The van der Waals surface area contributed by atoms with Crippen LogP contribution in [0.5, 0.6) is 5.75 Å². The van der Waals surface area contributed by atoms with Crippen LogP contribution in [0, 0.1) is 0 Å². The molecule has 1 aromatic rings. The van der Waals surface area contributed by atoms with Gasteiger partial charge in [0.15, 0.2) is 0 Å². The van der Waals surface area contributed by atoms with Gasteiger partial charge in [-0.3, -0.25) is 0 Å². The van der Waals surface area contributed by atoms with Crippen LogP contribution in [0.3, 0.4) is 0 Å². The van der Waals surface area contributed by atoms with Crippen LogP contribution < -0.4 is 4.74 Å². The lowest BCUT2D eigenvalue weighted by atomic mass is 10.2. The second-order valence-electron chi connectivity index (χ2n) is 4.83.